The minimum Gasteiger partial charge on any atom is -0.0871 e. The molecule has 0 N–H and O–H groups in total. The Morgan fingerprint density at radius 2 is 2.08 bits per heavy atom. The molecular weight excluding hydrogens is 144 g/mol. The number of hydrogen-bond donors (Lipinski definition) is 0. The third-order valence-electron chi connectivity index (χ3n) is 2.15. The zero-order chi connectivity index (χ0) is 8.97. The van der Waals surface area contributed by atoms with Gasteiger partial charge in [0, 0.05) is 0 Å². The maximum absolute atomic E-state index is 2.20. The van der Waals surface area contributed by atoms with Gasteiger partial charge in [0.25, 0.3) is 0 Å². The van der Waals surface area contributed by atoms with Crippen molar-refractivity contribution in [3.8, 4) is 0 Å². The van der Waals surface area contributed by atoms with Gasteiger partial charge in [0.2, 0.25) is 0 Å². The highest BCUT2D eigenvalue weighted by atomic mass is 14.0. The van der Waals surface area contributed by atoms with Gasteiger partial charge in [-0.05, 0) is 37.0 Å². The van der Waals surface area contributed by atoms with Crippen LogP contribution in [0.4, 0.5) is 0 Å². The summed E-state index contributed by atoms with van der Waals surface area (Å²) in [5.41, 5.74) is 4.23. The number of hydrogen-bond acceptors (Lipinski definition) is 0. The Labute approximate surface area is 74.9 Å². The molecule has 0 heterocycles. The molecule has 0 aliphatic rings. The van der Waals surface area contributed by atoms with Gasteiger partial charge >= 0.3 is 0 Å². The highest BCUT2D eigenvalue weighted by Crippen LogP contribution is 2.15. The second kappa shape index (κ2) is 4.10. The third-order valence-corrected chi connectivity index (χ3v) is 2.15. The molecule has 0 fully saturated rings. The zero-order valence-electron chi connectivity index (χ0n) is 8.09. The van der Waals surface area contributed by atoms with Crippen molar-refractivity contribution in [2.75, 3.05) is 0 Å². The van der Waals surface area contributed by atoms with Crippen molar-refractivity contribution in [2.45, 2.75) is 27.2 Å². The van der Waals surface area contributed by atoms with Crippen molar-refractivity contribution < 1.29 is 0 Å². The lowest BCUT2D eigenvalue weighted by molar-refractivity contribution is 1.10. The van der Waals surface area contributed by atoms with E-state index in [2.05, 4.69) is 51.1 Å². The van der Waals surface area contributed by atoms with Crippen LogP contribution in [0.1, 0.15) is 30.5 Å². The van der Waals surface area contributed by atoms with E-state index in [0.717, 1.165) is 6.42 Å². The molecule has 0 saturated carbocycles. The van der Waals surface area contributed by atoms with Gasteiger partial charge in [0.1, 0.15) is 0 Å². The maximum Gasteiger partial charge on any atom is -0.0225 e. The molecule has 0 unspecified atom stereocenters. The fraction of sp³-hybridized carbons (Fsp3) is 0.333. The van der Waals surface area contributed by atoms with Crippen LogP contribution in [-0.4, -0.2) is 0 Å². The lowest BCUT2D eigenvalue weighted by Crippen LogP contribution is -1.89. The number of aryl methyl sites for hydroxylation is 1. The Hall–Kier alpha value is -1.04. The Morgan fingerprint density at radius 3 is 2.67 bits per heavy atom. The van der Waals surface area contributed by atoms with Gasteiger partial charge in [-0.2, -0.15) is 0 Å². The molecule has 0 spiro atoms. The van der Waals surface area contributed by atoms with E-state index in [1.54, 1.807) is 0 Å². The molecule has 64 valence electrons. The smallest absolute Gasteiger partial charge is 0.0225 e. The van der Waals surface area contributed by atoms with Crippen LogP contribution in [0.5, 0.6) is 0 Å². The van der Waals surface area contributed by atoms with Crippen LogP contribution in [0.2, 0.25) is 0 Å². The SMILES string of the molecule is C/C=C\c1cccc(C)c1CC. The second-order valence-corrected chi connectivity index (χ2v) is 3.00. The Balaban J connectivity index is 3.18. The highest BCUT2D eigenvalue weighted by Gasteiger charge is 1.98. The second-order valence-electron chi connectivity index (χ2n) is 3.00. The quantitative estimate of drug-likeness (QED) is 0.620. The zero-order valence-corrected chi connectivity index (χ0v) is 8.09. The summed E-state index contributed by atoms with van der Waals surface area (Å²) in [7, 11) is 0. The Morgan fingerprint density at radius 1 is 1.33 bits per heavy atom. The van der Waals surface area contributed by atoms with Crippen molar-refractivity contribution in [2.24, 2.45) is 0 Å². The van der Waals surface area contributed by atoms with Crippen LogP contribution in [0.3, 0.4) is 0 Å². The maximum atomic E-state index is 2.20. The molecule has 0 atom stereocenters. The average Bonchev–Trinajstić information content (AvgIpc) is 2.05. The van der Waals surface area contributed by atoms with E-state index in [1.807, 2.05) is 0 Å². The lowest BCUT2D eigenvalue weighted by Gasteiger charge is -2.06. The van der Waals surface area contributed by atoms with Crippen LogP contribution in [0.25, 0.3) is 6.08 Å². The summed E-state index contributed by atoms with van der Waals surface area (Å²) in [4.78, 5) is 0. The van der Waals surface area contributed by atoms with Crippen molar-refractivity contribution in [1.29, 1.82) is 0 Å². The van der Waals surface area contributed by atoms with Crippen LogP contribution >= 0.6 is 0 Å². The van der Waals surface area contributed by atoms with Gasteiger partial charge in [0.05, 0.1) is 0 Å². The first kappa shape index (κ1) is 9.05. The van der Waals surface area contributed by atoms with Crippen LogP contribution in [0, 0.1) is 6.92 Å². The summed E-state index contributed by atoms with van der Waals surface area (Å²) >= 11 is 0. The van der Waals surface area contributed by atoms with Gasteiger partial charge in [-0.25, -0.2) is 0 Å². The standard InChI is InChI=1S/C12H16/c1-4-7-11-9-6-8-10(3)12(11)5-2/h4,6-9H,5H2,1-3H3/b7-4-. The third kappa shape index (κ3) is 1.76. The fourth-order valence-corrected chi connectivity index (χ4v) is 1.54. The van der Waals surface area contributed by atoms with Crippen molar-refractivity contribution in [1.82, 2.24) is 0 Å². The molecule has 0 nitrogen and oxygen atoms in total. The van der Waals surface area contributed by atoms with E-state index >= 15 is 0 Å². The van der Waals surface area contributed by atoms with Gasteiger partial charge in [-0.3, -0.25) is 0 Å². The summed E-state index contributed by atoms with van der Waals surface area (Å²) in [6, 6.07) is 6.46. The number of benzene rings is 1. The first-order valence-electron chi connectivity index (χ1n) is 4.50. The molecule has 0 aromatic heterocycles. The van der Waals surface area contributed by atoms with Gasteiger partial charge in [-0.1, -0.05) is 37.3 Å². The van der Waals surface area contributed by atoms with Crippen LogP contribution < -0.4 is 0 Å². The van der Waals surface area contributed by atoms with Gasteiger partial charge in [0.15, 0.2) is 0 Å². The molecule has 1 aromatic rings. The highest BCUT2D eigenvalue weighted by molar-refractivity contribution is 5.55. The van der Waals surface area contributed by atoms with Crippen molar-refractivity contribution >= 4 is 6.08 Å². The summed E-state index contributed by atoms with van der Waals surface area (Å²) in [6.07, 6.45) is 5.38. The molecule has 1 rings (SSSR count). The fourth-order valence-electron chi connectivity index (χ4n) is 1.54. The average molecular weight is 160 g/mol. The molecule has 0 heteroatoms. The Kier molecular flexibility index (Phi) is 3.09. The molecule has 1 aromatic carbocycles. The molecule has 0 radical (unpaired) electrons. The van der Waals surface area contributed by atoms with E-state index in [4.69, 9.17) is 0 Å². The molecule has 0 aliphatic heterocycles. The first-order chi connectivity index (χ1) is 5.79. The monoisotopic (exact) mass is 160 g/mol. The van der Waals surface area contributed by atoms with E-state index in [9.17, 15) is 0 Å². The molecule has 0 aliphatic carbocycles. The van der Waals surface area contributed by atoms with Crippen LogP contribution in [0.15, 0.2) is 24.3 Å². The van der Waals surface area contributed by atoms with E-state index < -0.39 is 0 Å². The normalized spacial score (nSPS) is 10.9. The molecule has 0 saturated heterocycles. The summed E-state index contributed by atoms with van der Waals surface area (Å²) < 4.78 is 0. The number of rotatable bonds is 2. The molecule has 12 heavy (non-hydrogen) atoms. The lowest BCUT2D eigenvalue weighted by atomic mass is 9.99. The van der Waals surface area contributed by atoms with E-state index in [1.165, 1.54) is 16.7 Å². The first-order valence-corrected chi connectivity index (χ1v) is 4.50. The van der Waals surface area contributed by atoms with Gasteiger partial charge < -0.3 is 0 Å². The largest absolute Gasteiger partial charge is 0.0871 e. The summed E-state index contributed by atoms with van der Waals surface area (Å²) in [5.74, 6) is 0. The molecular formula is C12H16. The van der Waals surface area contributed by atoms with E-state index in [-0.39, 0.29) is 0 Å². The molecule has 0 bridgehead atoms. The molecule has 0 amide bonds. The van der Waals surface area contributed by atoms with Crippen molar-refractivity contribution in [3.63, 3.8) is 0 Å². The summed E-state index contributed by atoms with van der Waals surface area (Å²) in [5, 5.41) is 0. The van der Waals surface area contributed by atoms with Gasteiger partial charge in [-0.15, -0.1) is 0 Å². The minimum atomic E-state index is 1.12. The van der Waals surface area contributed by atoms with Crippen LogP contribution in [-0.2, 0) is 6.42 Å². The Bertz CT molecular complexity index is 282. The topological polar surface area (TPSA) is 0 Å². The number of allylic oxidation sites excluding steroid dienone is 1. The predicted molar refractivity (Wildman–Crippen MR) is 55.3 cm³/mol. The van der Waals surface area contributed by atoms with Crippen molar-refractivity contribution in [3.05, 3.63) is 41.0 Å². The predicted octanol–water partition coefficient (Wildman–Crippen LogP) is 3.59. The summed E-state index contributed by atoms with van der Waals surface area (Å²) in [6.45, 7) is 6.43. The van der Waals surface area contributed by atoms with E-state index in [0.29, 0.717) is 0 Å². The minimum absolute atomic E-state index is 1.12.